The maximum atomic E-state index is 11.1. The van der Waals surface area contributed by atoms with Gasteiger partial charge in [-0.3, -0.25) is 4.79 Å². The van der Waals surface area contributed by atoms with E-state index in [-0.39, 0.29) is 12.2 Å². The molecule has 0 aliphatic carbocycles. The molecule has 1 aliphatic heterocycles. The van der Waals surface area contributed by atoms with Crippen LogP contribution < -0.4 is 4.74 Å². The van der Waals surface area contributed by atoms with E-state index < -0.39 is 5.97 Å². The van der Waals surface area contributed by atoms with Crippen LogP contribution in [0.3, 0.4) is 0 Å². The summed E-state index contributed by atoms with van der Waals surface area (Å²) in [5.41, 5.74) is 3.84. The molecule has 1 aromatic carbocycles. The van der Waals surface area contributed by atoms with Crippen molar-refractivity contribution >= 4 is 12.1 Å². The summed E-state index contributed by atoms with van der Waals surface area (Å²) in [6.45, 7) is 7.80. The largest absolute Gasteiger partial charge is 0.493 e. The summed E-state index contributed by atoms with van der Waals surface area (Å²) in [5.74, 6) is 1.27. The van der Waals surface area contributed by atoms with E-state index in [1.54, 1.807) is 12.1 Å². The number of hydrogen-bond donors (Lipinski definition) is 0. The molecule has 28 heavy (non-hydrogen) atoms. The van der Waals surface area contributed by atoms with Gasteiger partial charge in [0.15, 0.2) is 6.17 Å². The van der Waals surface area contributed by atoms with Gasteiger partial charge in [-0.25, -0.2) is 0 Å². The summed E-state index contributed by atoms with van der Waals surface area (Å²) in [6.07, 6.45) is 1.20. The van der Waals surface area contributed by atoms with Gasteiger partial charge < -0.3 is 18.8 Å². The van der Waals surface area contributed by atoms with Crippen LogP contribution in [0.15, 0.2) is 27.7 Å². The third-order valence-electron chi connectivity index (χ3n) is 4.30. The molecule has 0 radical (unpaired) electrons. The van der Waals surface area contributed by atoms with Crippen molar-refractivity contribution in [2.45, 2.75) is 46.7 Å². The zero-order valence-corrected chi connectivity index (χ0v) is 16.8. The molecule has 1 aromatic heterocycles. The molecule has 0 saturated carbocycles. The number of aromatic nitrogens is 1. The van der Waals surface area contributed by atoms with Crippen LogP contribution in [-0.2, 0) is 20.8 Å². The highest BCUT2D eigenvalue weighted by atomic mass is 16.8. The fraction of sp³-hybridized carbons (Fsp3) is 0.450. The van der Waals surface area contributed by atoms with Crippen LogP contribution in [0.4, 0.5) is 0 Å². The van der Waals surface area contributed by atoms with Crippen LogP contribution in [0.25, 0.3) is 0 Å². The summed E-state index contributed by atoms with van der Waals surface area (Å²) in [7, 11) is 1.74. The molecule has 1 atom stereocenters. The van der Waals surface area contributed by atoms with E-state index in [0.29, 0.717) is 6.61 Å². The van der Waals surface area contributed by atoms with Gasteiger partial charge in [-0.1, -0.05) is 5.16 Å². The summed E-state index contributed by atoms with van der Waals surface area (Å²) >= 11 is 0. The molecule has 2 heterocycles. The Bertz CT molecular complexity index is 867. The lowest BCUT2D eigenvalue weighted by Crippen LogP contribution is -2.20. The first-order valence-corrected chi connectivity index (χ1v) is 9.16. The molecule has 1 unspecified atom stereocenters. The summed E-state index contributed by atoms with van der Waals surface area (Å²) in [6, 6.07) is 5.95. The highest BCUT2D eigenvalue weighted by Crippen LogP contribution is 2.32. The molecule has 3 rings (SSSR count). The number of carbonyl (C=O) groups is 1. The van der Waals surface area contributed by atoms with Crippen molar-refractivity contribution in [3.05, 3.63) is 46.3 Å². The Labute approximate surface area is 164 Å². The van der Waals surface area contributed by atoms with Crippen LogP contribution in [0, 0.1) is 20.8 Å². The molecule has 150 valence electrons. The highest BCUT2D eigenvalue weighted by molar-refractivity contribution is 5.83. The zero-order valence-electron chi connectivity index (χ0n) is 16.8. The summed E-state index contributed by atoms with van der Waals surface area (Å²) in [5, 5.41) is 5.44. The molecule has 0 saturated heterocycles. The quantitative estimate of drug-likeness (QED) is 0.554. The molecule has 0 amide bonds. The van der Waals surface area contributed by atoms with Gasteiger partial charge in [-0.2, -0.15) is 4.99 Å². The monoisotopic (exact) mass is 387 g/mol. The van der Waals surface area contributed by atoms with E-state index in [1.165, 1.54) is 6.92 Å². The second-order valence-corrected chi connectivity index (χ2v) is 6.87. The molecule has 0 fully saturated rings. The molecular weight excluding hydrogens is 362 g/mol. The first kappa shape index (κ1) is 19.9. The molecular formula is C20H25N3O5. The topological polar surface area (TPSA) is 86.4 Å². The number of ether oxygens (including phenoxy) is 2. The Morgan fingerprint density at radius 3 is 2.54 bits per heavy atom. The second kappa shape index (κ2) is 8.43. The minimum absolute atomic E-state index is 0.0433. The van der Waals surface area contributed by atoms with Crippen molar-refractivity contribution in [1.29, 1.82) is 0 Å². The van der Waals surface area contributed by atoms with E-state index >= 15 is 0 Å². The van der Waals surface area contributed by atoms with E-state index in [2.05, 4.69) is 10.1 Å². The number of aryl methyl sites for hydroxylation is 4. The summed E-state index contributed by atoms with van der Waals surface area (Å²) in [4.78, 5) is 20.8. The Morgan fingerprint density at radius 2 is 1.93 bits per heavy atom. The maximum absolute atomic E-state index is 11.1. The molecule has 8 heteroatoms. The minimum Gasteiger partial charge on any atom is -0.493 e. The number of carbonyl (C=O) groups excluding carboxylic acids is 1. The number of aliphatic imine (C=N–C) groups is 1. The average molecular weight is 387 g/mol. The molecule has 0 N–H and O–H groups in total. The standard InChI is InChI=1S/C20H25N3O5/c1-12-9-16(19-21-20(26-15(4)24)28-23(19)5)10-13(2)18(12)25-8-6-7-17-11-14(3)22-27-17/h9-11,19H,6-8H2,1-5H3. The number of benzene rings is 1. The molecule has 8 nitrogen and oxygen atoms in total. The lowest BCUT2D eigenvalue weighted by atomic mass is 10.0. The van der Waals surface area contributed by atoms with E-state index in [4.69, 9.17) is 18.8 Å². The van der Waals surface area contributed by atoms with Crippen molar-refractivity contribution in [3.63, 3.8) is 0 Å². The van der Waals surface area contributed by atoms with Gasteiger partial charge in [0.25, 0.3) is 0 Å². The lowest BCUT2D eigenvalue weighted by Gasteiger charge is -2.19. The van der Waals surface area contributed by atoms with E-state index in [1.807, 2.05) is 39.0 Å². The van der Waals surface area contributed by atoms with E-state index in [0.717, 1.165) is 46.7 Å². The van der Waals surface area contributed by atoms with Crippen molar-refractivity contribution in [3.8, 4) is 5.75 Å². The maximum Gasteiger partial charge on any atom is 0.413 e. The van der Waals surface area contributed by atoms with E-state index in [9.17, 15) is 4.79 Å². The Morgan fingerprint density at radius 1 is 1.21 bits per heavy atom. The van der Waals surface area contributed by atoms with Crippen molar-refractivity contribution in [2.24, 2.45) is 4.99 Å². The van der Waals surface area contributed by atoms with Gasteiger partial charge in [0.05, 0.1) is 12.3 Å². The number of rotatable bonds is 6. The zero-order chi connectivity index (χ0) is 20.3. The predicted octanol–water partition coefficient (Wildman–Crippen LogP) is 3.41. The van der Waals surface area contributed by atoms with Crippen LogP contribution in [-0.4, -0.2) is 35.9 Å². The van der Waals surface area contributed by atoms with Crippen molar-refractivity contribution in [1.82, 2.24) is 10.2 Å². The first-order valence-electron chi connectivity index (χ1n) is 9.16. The fourth-order valence-electron chi connectivity index (χ4n) is 3.15. The Hall–Kier alpha value is -2.87. The number of hydrogen-bond acceptors (Lipinski definition) is 8. The van der Waals surface area contributed by atoms with Gasteiger partial charge in [0, 0.05) is 26.5 Å². The average Bonchev–Trinajstić information content (AvgIpc) is 3.18. The molecule has 1 aliphatic rings. The van der Waals surface area contributed by atoms with Crippen LogP contribution in [0.2, 0.25) is 0 Å². The lowest BCUT2D eigenvalue weighted by molar-refractivity contribution is -0.139. The summed E-state index contributed by atoms with van der Waals surface area (Å²) < 4.78 is 16.1. The van der Waals surface area contributed by atoms with Gasteiger partial charge in [0.2, 0.25) is 0 Å². The first-order chi connectivity index (χ1) is 13.3. The second-order valence-electron chi connectivity index (χ2n) is 6.87. The number of nitrogens with zero attached hydrogens (tertiary/aromatic N) is 3. The van der Waals surface area contributed by atoms with Gasteiger partial charge >= 0.3 is 12.1 Å². The van der Waals surface area contributed by atoms with Crippen LogP contribution >= 0.6 is 0 Å². The predicted molar refractivity (Wildman–Crippen MR) is 102 cm³/mol. The Kier molecular flexibility index (Phi) is 5.99. The number of hydroxylamine groups is 2. The van der Waals surface area contributed by atoms with Crippen LogP contribution in [0.5, 0.6) is 5.75 Å². The third-order valence-corrected chi connectivity index (χ3v) is 4.30. The third kappa shape index (κ3) is 4.69. The van der Waals surface area contributed by atoms with Gasteiger partial charge in [-0.05, 0) is 56.0 Å². The molecule has 2 aromatic rings. The van der Waals surface area contributed by atoms with Gasteiger partial charge in [-0.15, -0.1) is 5.06 Å². The fourth-order valence-corrected chi connectivity index (χ4v) is 3.15. The Balaban J connectivity index is 1.64. The smallest absolute Gasteiger partial charge is 0.413 e. The van der Waals surface area contributed by atoms with Gasteiger partial charge in [0.1, 0.15) is 11.5 Å². The van der Waals surface area contributed by atoms with Crippen molar-refractivity contribution < 1.29 is 23.6 Å². The molecule has 0 spiro atoms. The minimum atomic E-state index is -0.468. The van der Waals surface area contributed by atoms with Crippen molar-refractivity contribution in [2.75, 3.05) is 13.7 Å². The normalized spacial score (nSPS) is 16.6. The molecule has 0 bridgehead atoms. The number of esters is 1. The SMILES string of the molecule is CC(=O)OC1=NC(c2cc(C)c(OCCCc3cc(C)no3)c(C)c2)N(C)O1. The van der Waals surface area contributed by atoms with Crippen LogP contribution in [0.1, 0.15) is 47.7 Å². The highest BCUT2D eigenvalue weighted by Gasteiger charge is 2.29.